The third kappa shape index (κ3) is 2.89. The van der Waals surface area contributed by atoms with Gasteiger partial charge in [-0.2, -0.15) is 4.98 Å². The lowest BCUT2D eigenvalue weighted by Crippen LogP contribution is -2.51. The fraction of sp³-hybridized carbons (Fsp3) is 0.824. The zero-order chi connectivity index (χ0) is 15.8. The summed E-state index contributed by atoms with van der Waals surface area (Å²) in [6.07, 6.45) is 8.11. The minimum atomic E-state index is 0.256. The van der Waals surface area contributed by atoms with Crippen LogP contribution in [0.25, 0.3) is 0 Å². The van der Waals surface area contributed by atoms with Crippen molar-refractivity contribution in [3.05, 3.63) is 11.7 Å². The van der Waals surface area contributed by atoms with Crippen LogP contribution in [0.5, 0.6) is 0 Å². The zero-order valence-corrected chi connectivity index (χ0v) is 13.9. The van der Waals surface area contributed by atoms with Crippen molar-refractivity contribution in [2.45, 2.75) is 56.9 Å². The minimum absolute atomic E-state index is 0.256. The number of carbonyl (C=O) groups is 1. The maximum absolute atomic E-state index is 12.5. The van der Waals surface area contributed by atoms with Gasteiger partial charge in [-0.15, -0.1) is 0 Å². The molecule has 1 amide bonds. The molecule has 1 aromatic heterocycles. The van der Waals surface area contributed by atoms with Gasteiger partial charge in [-0.1, -0.05) is 24.4 Å². The van der Waals surface area contributed by atoms with Crippen LogP contribution >= 0.6 is 0 Å². The fourth-order valence-electron chi connectivity index (χ4n) is 4.20. The first-order valence-corrected chi connectivity index (χ1v) is 9.05. The quantitative estimate of drug-likeness (QED) is 0.856. The summed E-state index contributed by atoms with van der Waals surface area (Å²) in [6, 6.07) is 0.274. The fourth-order valence-corrected chi connectivity index (χ4v) is 4.20. The van der Waals surface area contributed by atoms with E-state index in [-0.39, 0.29) is 17.9 Å². The van der Waals surface area contributed by atoms with Crippen molar-refractivity contribution in [2.75, 3.05) is 26.7 Å². The summed E-state index contributed by atoms with van der Waals surface area (Å²) in [5.41, 5.74) is 0. The largest absolute Gasteiger partial charge is 0.341 e. The van der Waals surface area contributed by atoms with Crippen LogP contribution in [0.15, 0.2) is 4.52 Å². The smallest absolute Gasteiger partial charge is 0.243 e. The number of rotatable bonds is 3. The number of hydrogen-bond donors (Lipinski definition) is 0. The van der Waals surface area contributed by atoms with Crippen LogP contribution in [0.2, 0.25) is 0 Å². The van der Waals surface area contributed by atoms with Gasteiger partial charge < -0.3 is 9.42 Å². The predicted molar refractivity (Wildman–Crippen MR) is 84.8 cm³/mol. The molecule has 23 heavy (non-hydrogen) atoms. The van der Waals surface area contributed by atoms with Gasteiger partial charge in [0.1, 0.15) is 0 Å². The van der Waals surface area contributed by atoms with E-state index >= 15 is 0 Å². The lowest BCUT2D eigenvalue weighted by atomic mass is 9.86. The normalized spacial score (nSPS) is 27.3. The van der Waals surface area contributed by atoms with Gasteiger partial charge in [0.05, 0.1) is 12.0 Å². The third-order valence-electron chi connectivity index (χ3n) is 5.78. The molecule has 1 saturated carbocycles. The van der Waals surface area contributed by atoms with Crippen molar-refractivity contribution in [1.82, 2.24) is 19.9 Å². The van der Waals surface area contributed by atoms with Crippen LogP contribution in [0.4, 0.5) is 0 Å². The molecule has 126 valence electrons. The Kier molecular flexibility index (Phi) is 4.09. The van der Waals surface area contributed by atoms with Crippen molar-refractivity contribution in [2.24, 2.45) is 5.92 Å². The zero-order valence-electron chi connectivity index (χ0n) is 13.9. The van der Waals surface area contributed by atoms with Crippen molar-refractivity contribution in [3.8, 4) is 0 Å². The van der Waals surface area contributed by atoms with E-state index in [0.29, 0.717) is 5.91 Å². The van der Waals surface area contributed by atoms with Gasteiger partial charge >= 0.3 is 0 Å². The van der Waals surface area contributed by atoms with Crippen LogP contribution in [-0.4, -0.2) is 52.5 Å². The number of hydrogen-bond acceptors (Lipinski definition) is 5. The van der Waals surface area contributed by atoms with Crippen molar-refractivity contribution in [3.63, 3.8) is 0 Å². The molecule has 6 nitrogen and oxygen atoms in total. The van der Waals surface area contributed by atoms with E-state index in [4.69, 9.17) is 4.52 Å². The predicted octanol–water partition coefficient (Wildman–Crippen LogP) is 2.34. The Labute approximate surface area is 137 Å². The second-order valence-corrected chi connectivity index (χ2v) is 7.40. The SMILES string of the molecule is CN1CCCC1c1nc(C2CN(C(=O)C3CCCCC3)C2)no1. The van der Waals surface area contributed by atoms with Gasteiger partial charge in [-0.25, -0.2) is 0 Å². The maximum atomic E-state index is 12.5. The van der Waals surface area contributed by atoms with Gasteiger partial charge in [-0.3, -0.25) is 9.69 Å². The summed E-state index contributed by atoms with van der Waals surface area (Å²) in [7, 11) is 2.11. The molecule has 2 aliphatic heterocycles. The highest BCUT2D eigenvalue weighted by atomic mass is 16.5. The molecule has 0 bridgehead atoms. The molecule has 4 rings (SSSR count). The first-order valence-electron chi connectivity index (χ1n) is 9.05. The summed E-state index contributed by atoms with van der Waals surface area (Å²) in [4.78, 5) is 21.3. The highest BCUT2D eigenvalue weighted by molar-refractivity contribution is 5.79. The van der Waals surface area contributed by atoms with Crippen molar-refractivity contribution >= 4 is 5.91 Å². The van der Waals surface area contributed by atoms with Gasteiger partial charge in [-0.05, 0) is 39.3 Å². The Morgan fingerprint density at radius 1 is 1.13 bits per heavy atom. The monoisotopic (exact) mass is 318 g/mol. The van der Waals surface area contributed by atoms with Crippen LogP contribution < -0.4 is 0 Å². The summed E-state index contributed by atoms with van der Waals surface area (Å²) in [5.74, 6) is 2.40. The first kappa shape index (κ1) is 15.1. The number of likely N-dealkylation sites (tertiary alicyclic amines) is 2. The number of amides is 1. The van der Waals surface area contributed by atoms with E-state index in [2.05, 4.69) is 22.1 Å². The number of nitrogens with zero attached hydrogens (tertiary/aromatic N) is 4. The molecule has 6 heteroatoms. The highest BCUT2D eigenvalue weighted by Crippen LogP contribution is 2.33. The van der Waals surface area contributed by atoms with Gasteiger partial charge in [0.15, 0.2) is 5.82 Å². The molecule has 0 radical (unpaired) electrons. The third-order valence-corrected chi connectivity index (χ3v) is 5.78. The second-order valence-electron chi connectivity index (χ2n) is 7.40. The average molecular weight is 318 g/mol. The van der Waals surface area contributed by atoms with E-state index < -0.39 is 0 Å². The van der Waals surface area contributed by atoms with E-state index in [0.717, 1.165) is 50.6 Å². The van der Waals surface area contributed by atoms with Crippen LogP contribution in [0, 0.1) is 5.92 Å². The molecule has 1 aromatic rings. The molecule has 3 aliphatic rings. The minimum Gasteiger partial charge on any atom is -0.341 e. The van der Waals surface area contributed by atoms with Crippen molar-refractivity contribution < 1.29 is 9.32 Å². The number of aromatic nitrogens is 2. The Balaban J connectivity index is 1.33. The molecule has 1 aliphatic carbocycles. The molecule has 1 atom stereocenters. The molecule has 0 aromatic carbocycles. The summed E-state index contributed by atoms with van der Waals surface area (Å²) in [5, 5.41) is 4.17. The topological polar surface area (TPSA) is 62.5 Å². The van der Waals surface area contributed by atoms with Gasteiger partial charge in [0, 0.05) is 19.0 Å². The van der Waals surface area contributed by atoms with E-state index in [1.165, 1.54) is 25.7 Å². The standard InChI is InChI=1S/C17H26N4O2/c1-20-9-5-8-14(20)16-18-15(19-23-16)13-10-21(11-13)17(22)12-6-3-2-4-7-12/h12-14H,2-11H2,1H3. The molecule has 2 saturated heterocycles. The lowest BCUT2D eigenvalue weighted by Gasteiger charge is -2.40. The first-order chi connectivity index (χ1) is 11.2. The summed E-state index contributed by atoms with van der Waals surface area (Å²) in [6.45, 7) is 2.61. The highest BCUT2D eigenvalue weighted by Gasteiger charge is 2.38. The van der Waals surface area contributed by atoms with E-state index in [1.54, 1.807) is 0 Å². The Morgan fingerprint density at radius 2 is 1.91 bits per heavy atom. The Morgan fingerprint density at radius 3 is 2.61 bits per heavy atom. The Hall–Kier alpha value is -1.43. The molecular formula is C17H26N4O2. The van der Waals surface area contributed by atoms with Crippen LogP contribution in [0.3, 0.4) is 0 Å². The molecular weight excluding hydrogens is 292 g/mol. The van der Waals surface area contributed by atoms with Crippen LogP contribution in [0.1, 0.15) is 68.6 Å². The molecule has 3 heterocycles. The van der Waals surface area contributed by atoms with E-state index in [9.17, 15) is 4.79 Å². The summed E-state index contributed by atoms with van der Waals surface area (Å²) >= 11 is 0. The average Bonchev–Trinajstić information content (AvgIpc) is 3.15. The van der Waals surface area contributed by atoms with E-state index in [1.807, 2.05) is 4.90 Å². The Bertz CT molecular complexity index is 561. The lowest BCUT2D eigenvalue weighted by molar-refractivity contribution is -0.141. The van der Waals surface area contributed by atoms with Gasteiger partial charge in [0.25, 0.3) is 0 Å². The molecule has 0 N–H and O–H groups in total. The molecule has 3 fully saturated rings. The maximum Gasteiger partial charge on any atom is 0.243 e. The molecule has 1 unspecified atom stereocenters. The second kappa shape index (κ2) is 6.23. The van der Waals surface area contributed by atoms with Crippen LogP contribution in [-0.2, 0) is 4.79 Å². The summed E-state index contributed by atoms with van der Waals surface area (Å²) < 4.78 is 5.48. The molecule has 0 spiro atoms. The van der Waals surface area contributed by atoms with Gasteiger partial charge in [0.2, 0.25) is 11.8 Å². The van der Waals surface area contributed by atoms with Crippen molar-refractivity contribution in [1.29, 1.82) is 0 Å². The number of carbonyl (C=O) groups excluding carboxylic acids is 1.